The number of aliphatic hydroxyl groups is 1. The normalized spacial score (nSPS) is 19.8. The highest BCUT2D eigenvalue weighted by Crippen LogP contribution is 2.40. The molecule has 2 rings (SSSR count). The first-order valence-corrected chi connectivity index (χ1v) is 7.10. The SMILES string of the molecule is N[C@H](c1c(C(F)(F)F)ccc(Cl)c1F)[C@@H](O)C1CCCC1. The predicted molar refractivity (Wildman–Crippen MR) is 71.3 cm³/mol. The van der Waals surface area contributed by atoms with Gasteiger partial charge in [0.2, 0.25) is 0 Å². The number of benzene rings is 1. The lowest BCUT2D eigenvalue weighted by Gasteiger charge is -2.27. The Labute approximate surface area is 124 Å². The highest BCUT2D eigenvalue weighted by atomic mass is 35.5. The molecule has 1 aromatic rings. The van der Waals surface area contributed by atoms with E-state index in [4.69, 9.17) is 17.3 Å². The van der Waals surface area contributed by atoms with Crippen molar-refractivity contribution in [1.82, 2.24) is 0 Å². The molecule has 21 heavy (non-hydrogen) atoms. The van der Waals surface area contributed by atoms with Crippen LogP contribution < -0.4 is 5.73 Å². The first-order chi connectivity index (χ1) is 9.73. The first kappa shape index (κ1) is 16.5. The smallest absolute Gasteiger partial charge is 0.391 e. The Bertz CT molecular complexity index is 514. The molecule has 0 aromatic heterocycles. The molecule has 3 N–H and O–H groups in total. The third-order valence-electron chi connectivity index (χ3n) is 4.02. The summed E-state index contributed by atoms with van der Waals surface area (Å²) >= 11 is 5.56. The summed E-state index contributed by atoms with van der Waals surface area (Å²) in [5, 5.41) is 9.74. The molecular weight excluding hydrogens is 310 g/mol. The summed E-state index contributed by atoms with van der Waals surface area (Å²) in [5.41, 5.74) is 3.80. The molecule has 0 radical (unpaired) electrons. The van der Waals surface area contributed by atoms with E-state index in [0.717, 1.165) is 18.9 Å². The summed E-state index contributed by atoms with van der Waals surface area (Å²) in [5.74, 6) is -1.42. The third-order valence-corrected chi connectivity index (χ3v) is 4.31. The van der Waals surface area contributed by atoms with E-state index in [1.165, 1.54) is 0 Å². The molecule has 1 aliphatic rings. The Hall–Kier alpha value is -0.850. The Balaban J connectivity index is 2.43. The van der Waals surface area contributed by atoms with E-state index < -0.39 is 40.3 Å². The van der Waals surface area contributed by atoms with Gasteiger partial charge in [-0.3, -0.25) is 0 Å². The molecule has 118 valence electrons. The van der Waals surface area contributed by atoms with Crippen molar-refractivity contribution in [2.75, 3.05) is 0 Å². The zero-order valence-corrected chi connectivity index (χ0v) is 11.9. The maximum absolute atomic E-state index is 14.1. The fourth-order valence-corrected chi connectivity index (χ4v) is 3.07. The van der Waals surface area contributed by atoms with Crippen molar-refractivity contribution in [2.45, 2.75) is 44.0 Å². The van der Waals surface area contributed by atoms with Crippen molar-refractivity contribution in [1.29, 1.82) is 0 Å². The number of halogens is 5. The van der Waals surface area contributed by atoms with Crippen molar-refractivity contribution in [2.24, 2.45) is 11.7 Å². The van der Waals surface area contributed by atoms with Crippen LogP contribution in [0.5, 0.6) is 0 Å². The minimum atomic E-state index is -4.76. The van der Waals surface area contributed by atoms with Crippen LogP contribution in [0.1, 0.15) is 42.9 Å². The molecule has 0 heterocycles. The van der Waals surface area contributed by atoms with Crippen LogP contribution >= 0.6 is 11.6 Å². The van der Waals surface area contributed by atoms with E-state index in [1.807, 2.05) is 0 Å². The van der Waals surface area contributed by atoms with Crippen molar-refractivity contribution in [3.8, 4) is 0 Å². The molecule has 1 fully saturated rings. The molecule has 1 aliphatic carbocycles. The molecule has 0 amide bonds. The summed E-state index contributed by atoms with van der Waals surface area (Å²) in [6, 6.07) is 0.0864. The van der Waals surface area contributed by atoms with Crippen LogP contribution in [0.4, 0.5) is 17.6 Å². The maximum atomic E-state index is 14.1. The fourth-order valence-electron chi connectivity index (χ4n) is 2.90. The molecular formula is C14H16ClF4NO. The van der Waals surface area contributed by atoms with Crippen molar-refractivity contribution < 1.29 is 22.7 Å². The number of hydrogen-bond acceptors (Lipinski definition) is 2. The highest BCUT2D eigenvalue weighted by molar-refractivity contribution is 6.30. The van der Waals surface area contributed by atoms with E-state index in [0.29, 0.717) is 18.9 Å². The van der Waals surface area contributed by atoms with E-state index >= 15 is 0 Å². The third kappa shape index (κ3) is 3.33. The monoisotopic (exact) mass is 325 g/mol. The van der Waals surface area contributed by atoms with Gasteiger partial charge in [0, 0.05) is 5.56 Å². The van der Waals surface area contributed by atoms with E-state index in [9.17, 15) is 22.7 Å². The minimum Gasteiger partial charge on any atom is -0.391 e. The minimum absolute atomic E-state index is 0.209. The average Bonchev–Trinajstić information content (AvgIpc) is 2.92. The number of rotatable bonds is 3. The average molecular weight is 326 g/mol. The van der Waals surface area contributed by atoms with Gasteiger partial charge >= 0.3 is 6.18 Å². The van der Waals surface area contributed by atoms with E-state index in [-0.39, 0.29) is 5.92 Å². The van der Waals surface area contributed by atoms with Crippen LogP contribution in [-0.4, -0.2) is 11.2 Å². The molecule has 7 heteroatoms. The second-order valence-corrected chi connectivity index (χ2v) is 5.79. The van der Waals surface area contributed by atoms with Crippen LogP contribution in [0, 0.1) is 11.7 Å². The van der Waals surface area contributed by atoms with Gasteiger partial charge in [-0.05, 0) is 30.9 Å². The lowest BCUT2D eigenvalue weighted by atomic mass is 9.88. The second-order valence-electron chi connectivity index (χ2n) is 5.38. The molecule has 1 saturated carbocycles. The number of aliphatic hydroxyl groups excluding tert-OH is 1. The predicted octanol–water partition coefficient (Wildman–Crippen LogP) is 4.05. The molecule has 1 aromatic carbocycles. The Morgan fingerprint density at radius 1 is 1.24 bits per heavy atom. The van der Waals surface area contributed by atoms with Gasteiger partial charge < -0.3 is 10.8 Å². The summed E-state index contributed by atoms with van der Waals surface area (Å²) in [7, 11) is 0. The van der Waals surface area contributed by atoms with Gasteiger partial charge in [-0.15, -0.1) is 0 Å². The van der Waals surface area contributed by atoms with Gasteiger partial charge in [-0.25, -0.2) is 4.39 Å². The number of nitrogens with two attached hydrogens (primary N) is 1. The van der Waals surface area contributed by atoms with E-state index in [2.05, 4.69) is 0 Å². The van der Waals surface area contributed by atoms with Crippen LogP contribution in [0.25, 0.3) is 0 Å². The first-order valence-electron chi connectivity index (χ1n) is 6.72. The van der Waals surface area contributed by atoms with Crippen LogP contribution in [-0.2, 0) is 6.18 Å². The molecule has 2 atom stereocenters. The van der Waals surface area contributed by atoms with Gasteiger partial charge in [0.1, 0.15) is 5.82 Å². The molecule has 0 spiro atoms. The lowest BCUT2D eigenvalue weighted by molar-refractivity contribution is -0.139. The topological polar surface area (TPSA) is 46.2 Å². The van der Waals surface area contributed by atoms with Crippen molar-refractivity contribution in [3.05, 3.63) is 34.1 Å². The van der Waals surface area contributed by atoms with Gasteiger partial charge in [-0.2, -0.15) is 13.2 Å². The fraction of sp³-hybridized carbons (Fsp3) is 0.571. The zero-order valence-electron chi connectivity index (χ0n) is 11.1. The second kappa shape index (κ2) is 6.10. The van der Waals surface area contributed by atoms with Gasteiger partial charge in [0.05, 0.1) is 22.7 Å². The molecule has 2 nitrogen and oxygen atoms in total. The summed E-state index contributed by atoms with van der Waals surface area (Å²) in [6.45, 7) is 0. The van der Waals surface area contributed by atoms with Gasteiger partial charge in [0.15, 0.2) is 0 Å². The van der Waals surface area contributed by atoms with Crippen LogP contribution in [0.3, 0.4) is 0 Å². The Kier molecular flexibility index (Phi) is 4.80. The number of hydrogen-bond donors (Lipinski definition) is 2. The quantitative estimate of drug-likeness (QED) is 0.824. The highest BCUT2D eigenvalue weighted by Gasteiger charge is 2.40. The number of alkyl halides is 3. The Morgan fingerprint density at radius 2 is 1.81 bits per heavy atom. The molecule has 0 unspecified atom stereocenters. The maximum Gasteiger partial charge on any atom is 0.416 e. The van der Waals surface area contributed by atoms with E-state index in [1.54, 1.807) is 0 Å². The van der Waals surface area contributed by atoms with Crippen molar-refractivity contribution >= 4 is 11.6 Å². The largest absolute Gasteiger partial charge is 0.416 e. The Morgan fingerprint density at radius 3 is 2.33 bits per heavy atom. The summed E-state index contributed by atoms with van der Waals surface area (Å²) in [4.78, 5) is 0. The zero-order chi connectivity index (χ0) is 15.8. The van der Waals surface area contributed by atoms with Gasteiger partial charge in [0.25, 0.3) is 0 Å². The van der Waals surface area contributed by atoms with Crippen LogP contribution in [0.15, 0.2) is 12.1 Å². The summed E-state index contributed by atoms with van der Waals surface area (Å²) < 4.78 is 53.1. The lowest BCUT2D eigenvalue weighted by Crippen LogP contribution is -2.34. The molecule has 0 aliphatic heterocycles. The standard InChI is InChI=1S/C14H16ClF4NO/c15-9-6-5-8(14(17,18)19)10(11(9)16)12(20)13(21)7-3-1-2-4-7/h5-7,12-13,21H,1-4,20H2/t12-,13+/m1/s1. The summed E-state index contributed by atoms with van der Waals surface area (Å²) in [6.07, 6.45) is -2.84. The van der Waals surface area contributed by atoms with Crippen molar-refractivity contribution in [3.63, 3.8) is 0 Å². The molecule has 0 bridgehead atoms. The molecule has 0 saturated heterocycles. The van der Waals surface area contributed by atoms with Gasteiger partial charge in [-0.1, -0.05) is 24.4 Å². The van der Waals surface area contributed by atoms with Crippen LogP contribution in [0.2, 0.25) is 5.02 Å².